The Kier molecular flexibility index (Phi) is 4.09. The Labute approximate surface area is 124 Å². The number of aromatic nitrogens is 2. The van der Waals surface area contributed by atoms with Crippen molar-refractivity contribution in [3.63, 3.8) is 0 Å². The summed E-state index contributed by atoms with van der Waals surface area (Å²) in [6.07, 6.45) is 9.20. The quantitative estimate of drug-likeness (QED) is 0.915. The van der Waals surface area contributed by atoms with Crippen LogP contribution in [0.25, 0.3) is 0 Å². The minimum atomic E-state index is -0.0156. The molecule has 0 aromatic carbocycles. The van der Waals surface area contributed by atoms with Gasteiger partial charge in [-0.05, 0) is 42.2 Å². The van der Waals surface area contributed by atoms with Crippen molar-refractivity contribution < 1.29 is 4.79 Å². The molecule has 0 saturated heterocycles. The van der Waals surface area contributed by atoms with Gasteiger partial charge in [0.05, 0.1) is 0 Å². The minimum Gasteiger partial charge on any atom is -0.335 e. The topological polar surface area (TPSA) is 58.1 Å². The molecule has 1 aliphatic carbocycles. The molecule has 0 spiro atoms. The maximum Gasteiger partial charge on any atom is 0.318 e. The minimum absolute atomic E-state index is 0.0156. The van der Waals surface area contributed by atoms with E-state index in [1.807, 2.05) is 29.2 Å². The van der Waals surface area contributed by atoms with E-state index < -0.39 is 0 Å². The first-order chi connectivity index (χ1) is 10.3. The largest absolute Gasteiger partial charge is 0.335 e. The fourth-order valence-corrected chi connectivity index (χ4v) is 2.11. The van der Waals surface area contributed by atoms with Gasteiger partial charge in [-0.3, -0.25) is 9.97 Å². The van der Waals surface area contributed by atoms with Crippen molar-refractivity contribution in [1.82, 2.24) is 20.2 Å². The summed E-state index contributed by atoms with van der Waals surface area (Å²) in [4.78, 5) is 22.3. The Hall–Kier alpha value is -2.43. The monoisotopic (exact) mass is 282 g/mol. The van der Waals surface area contributed by atoms with Crippen molar-refractivity contribution in [2.75, 3.05) is 0 Å². The van der Waals surface area contributed by atoms with Crippen LogP contribution in [0, 0.1) is 0 Å². The molecule has 21 heavy (non-hydrogen) atoms. The molecule has 5 nitrogen and oxygen atoms in total. The normalized spacial score (nSPS) is 13.7. The molecule has 0 bridgehead atoms. The Bertz CT molecular complexity index is 542. The Balaban J connectivity index is 1.71. The number of pyridine rings is 2. The van der Waals surface area contributed by atoms with Crippen LogP contribution in [0.15, 0.2) is 49.1 Å². The summed E-state index contributed by atoms with van der Waals surface area (Å²) in [7, 11) is 0. The molecule has 0 aliphatic heterocycles. The third kappa shape index (κ3) is 4.02. The summed E-state index contributed by atoms with van der Waals surface area (Å²) >= 11 is 0. The summed E-state index contributed by atoms with van der Waals surface area (Å²) < 4.78 is 0. The zero-order valence-electron chi connectivity index (χ0n) is 11.8. The molecule has 3 rings (SSSR count). The van der Waals surface area contributed by atoms with Crippen molar-refractivity contribution in [2.24, 2.45) is 0 Å². The number of carbonyl (C=O) groups excluding carboxylic acids is 1. The fourth-order valence-electron chi connectivity index (χ4n) is 2.11. The first-order valence-electron chi connectivity index (χ1n) is 7.14. The van der Waals surface area contributed by atoms with Gasteiger partial charge >= 0.3 is 6.03 Å². The molecular formula is C16H18N4O. The second kappa shape index (κ2) is 6.35. The predicted octanol–water partition coefficient (Wildman–Crippen LogP) is 2.35. The Morgan fingerprint density at radius 2 is 1.86 bits per heavy atom. The predicted molar refractivity (Wildman–Crippen MR) is 79.3 cm³/mol. The average Bonchev–Trinajstić information content (AvgIpc) is 3.33. The SMILES string of the molecule is O=C(NC1CC1)N(Cc1ccncc1)Cc1cccnc1. The molecule has 1 saturated carbocycles. The van der Waals surface area contributed by atoms with Gasteiger partial charge in [0, 0.05) is 43.9 Å². The molecule has 108 valence electrons. The number of hydrogen-bond acceptors (Lipinski definition) is 3. The smallest absolute Gasteiger partial charge is 0.318 e. The first kappa shape index (κ1) is 13.5. The number of urea groups is 1. The van der Waals surface area contributed by atoms with E-state index in [1.165, 1.54) is 0 Å². The van der Waals surface area contributed by atoms with Crippen molar-refractivity contribution in [2.45, 2.75) is 32.0 Å². The lowest BCUT2D eigenvalue weighted by Gasteiger charge is -2.23. The van der Waals surface area contributed by atoms with Crippen LogP contribution in [-0.2, 0) is 13.1 Å². The van der Waals surface area contributed by atoms with Crippen LogP contribution in [0.3, 0.4) is 0 Å². The Morgan fingerprint density at radius 1 is 1.10 bits per heavy atom. The molecule has 1 aliphatic rings. The second-order valence-corrected chi connectivity index (χ2v) is 5.30. The van der Waals surface area contributed by atoms with Gasteiger partial charge in [0.15, 0.2) is 0 Å². The van der Waals surface area contributed by atoms with Crippen LogP contribution in [0.5, 0.6) is 0 Å². The van der Waals surface area contributed by atoms with Gasteiger partial charge in [0.25, 0.3) is 0 Å². The van der Waals surface area contributed by atoms with Gasteiger partial charge in [-0.15, -0.1) is 0 Å². The lowest BCUT2D eigenvalue weighted by molar-refractivity contribution is 0.191. The molecule has 1 fully saturated rings. The first-order valence-corrected chi connectivity index (χ1v) is 7.14. The summed E-state index contributed by atoms with van der Waals surface area (Å²) in [5, 5.41) is 3.05. The molecule has 2 amide bonds. The van der Waals surface area contributed by atoms with Gasteiger partial charge < -0.3 is 10.2 Å². The molecular weight excluding hydrogens is 264 g/mol. The highest BCUT2D eigenvalue weighted by Crippen LogP contribution is 2.19. The number of rotatable bonds is 5. The van der Waals surface area contributed by atoms with Gasteiger partial charge in [0.1, 0.15) is 0 Å². The Morgan fingerprint density at radius 3 is 2.52 bits per heavy atom. The zero-order valence-corrected chi connectivity index (χ0v) is 11.8. The maximum absolute atomic E-state index is 12.4. The highest BCUT2D eigenvalue weighted by atomic mass is 16.2. The lowest BCUT2D eigenvalue weighted by atomic mass is 10.2. The van der Waals surface area contributed by atoms with E-state index in [1.54, 1.807) is 24.8 Å². The third-order valence-corrected chi connectivity index (χ3v) is 3.41. The van der Waals surface area contributed by atoms with E-state index in [0.717, 1.165) is 24.0 Å². The van der Waals surface area contributed by atoms with E-state index in [2.05, 4.69) is 15.3 Å². The van der Waals surface area contributed by atoms with Crippen LogP contribution in [0.4, 0.5) is 4.79 Å². The summed E-state index contributed by atoms with van der Waals surface area (Å²) in [5.41, 5.74) is 2.09. The van der Waals surface area contributed by atoms with Crippen LogP contribution >= 0.6 is 0 Å². The molecule has 1 N–H and O–H groups in total. The van der Waals surface area contributed by atoms with Gasteiger partial charge in [0.2, 0.25) is 0 Å². The molecule has 0 atom stereocenters. The number of nitrogens with one attached hydrogen (secondary N) is 1. The number of hydrogen-bond donors (Lipinski definition) is 1. The van der Waals surface area contributed by atoms with E-state index in [-0.39, 0.29) is 6.03 Å². The summed E-state index contributed by atoms with van der Waals surface area (Å²) in [5.74, 6) is 0. The van der Waals surface area contributed by atoms with E-state index in [4.69, 9.17) is 0 Å². The van der Waals surface area contributed by atoms with Gasteiger partial charge in [-0.25, -0.2) is 4.79 Å². The third-order valence-electron chi connectivity index (χ3n) is 3.41. The lowest BCUT2D eigenvalue weighted by Crippen LogP contribution is -2.40. The summed E-state index contributed by atoms with van der Waals surface area (Å²) in [6, 6.07) is 8.07. The molecule has 2 aromatic heterocycles. The molecule has 5 heteroatoms. The molecule has 2 aromatic rings. The fraction of sp³-hybridized carbons (Fsp3) is 0.312. The van der Waals surface area contributed by atoms with Crippen LogP contribution in [0.2, 0.25) is 0 Å². The van der Waals surface area contributed by atoms with E-state index >= 15 is 0 Å². The van der Waals surface area contributed by atoms with Crippen LogP contribution in [0.1, 0.15) is 24.0 Å². The molecule has 0 unspecified atom stereocenters. The van der Waals surface area contributed by atoms with E-state index in [0.29, 0.717) is 19.1 Å². The summed E-state index contributed by atoms with van der Waals surface area (Å²) in [6.45, 7) is 1.12. The van der Waals surface area contributed by atoms with Crippen LogP contribution < -0.4 is 5.32 Å². The highest BCUT2D eigenvalue weighted by molar-refractivity contribution is 5.74. The number of carbonyl (C=O) groups is 1. The van der Waals surface area contributed by atoms with Crippen molar-refractivity contribution in [3.8, 4) is 0 Å². The standard InChI is InChI=1S/C16H18N4O/c21-16(19-15-3-4-15)20(11-13-5-8-17-9-6-13)12-14-2-1-7-18-10-14/h1-2,5-10,15H,3-4,11-12H2,(H,19,21). The van der Waals surface area contributed by atoms with E-state index in [9.17, 15) is 4.79 Å². The van der Waals surface area contributed by atoms with Crippen molar-refractivity contribution in [3.05, 3.63) is 60.2 Å². The highest BCUT2D eigenvalue weighted by Gasteiger charge is 2.26. The van der Waals surface area contributed by atoms with Crippen molar-refractivity contribution >= 4 is 6.03 Å². The zero-order chi connectivity index (χ0) is 14.5. The van der Waals surface area contributed by atoms with Gasteiger partial charge in [-0.1, -0.05) is 6.07 Å². The molecule has 2 heterocycles. The second-order valence-electron chi connectivity index (χ2n) is 5.30. The number of amides is 2. The molecule has 0 radical (unpaired) electrons. The van der Waals surface area contributed by atoms with Crippen molar-refractivity contribution in [1.29, 1.82) is 0 Å². The van der Waals surface area contributed by atoms with Gasteiger partial charge in [-0.2, -0.15) is 0 Å². The maximum atomic E-state index is 12.4. The van der Waals surface area contributed by atoms with Crippen LogP contribution in [-0.4, -0.2) is 26.9 Å². The average molecular weight is 282 g/mol. The number of nitrogens with zero attached hydrogens (tertiary/aromatic N) is 3.